The van der Waals surface area contributed by atoms with E-state index in [1.54, 1.807) is 11.8 Å². The molecular weight excluding hydrogens is 356 g/mol. The van der Waals surface area contributed by atoms with Crippen molar-refractivity contribution >= 4 is 35.0 Å². The molecule has 3 rings (SSSR count). The number of amides is 2. The Bertz CT molecular complexity index is 821. The molecule has 1 fully saturated rings. The molecule has 0 radical (unpaired) electrons. The summed E-state index contributed by atoms with van der Waals surface area (Å²) in [7, 11) is 0. The molecule has 1 N–H and O–H groups in total. The molecule has 142 valence electrons. The Hall–Kier alpha value is -2.27. The Labute approximate surface area is 165 Å². The lowest BCUT2D eigenvalue weighted by molar-refractivity contribution is -0.117. The second-order valence-electron chi connectivity index (χ2n) is 6.69. The van der Waals surface area contributed by atoms with Crippen LogP contribution in [0.25, 0.3) is 0 Å². The summed E-state index contributed by atoms with van der Waals surface area (Å²) in [5.41, 5.74) is 3.97. The second-order valence-corrected chi connectivity index (χ2v) is 7.76. The van der Waals surface area contributed by atoms with Gasteiger partial charge in [-0.1, -0.05) is 50.6 Å². The maximum atomic E-state index is 12.6. The van der Waals surface area contributed by atoms with Crippen LogP contribution in [0.15, 0.2) is 48.5 Å². The Morgan fingerprint density at radius 2 is 2.00 bits per heavy atom. The number of rotatable bonds is 7. The minimum atomic E-state index is -0.0716. The highest BCUT2D eigenvalue weighted by Crippen LogP contribution is 2.43. The van der Waals surface area contributed by atoms with E-state index in [2.05, 4.69) is 25.2 Å². The molecule has 1 aliphatic heterocycles. The van der Waals surface area contributed by atoms with Crippen LogP contribution in [0.4, 0.5) is 11.4 Å². The van der Waals surface area contributed by atoms with E-state index >= 15 is 0 Å². The van der Waals surface area contributed by atoms with E-state index < -0.39 is 0 Å². The van der Waals surface area contributed by atoms with Crippen molar-refractivity contribution in [3.05, 3.63) is 59.7 Å². The molecule has 0 aliphatic carbocycles. The first-order valence-corrected chi connectivity index (χ1v) is 10.6. The molecule has 0 spiro atoms. The summed E-state index contributed by atoms with van der Waals surface area (Å²) in [5.74, 6) is 0.635. The van der Waals surface area contributed by atoms with Crippen molar-refractivity contribution in [1.29, 1.82) is 0 Å². The topological polar surface area (TPSA) is 49.4 Å². The van der Waals surface area contributed by atoms with Gasteiger partial charge in [-0.2, -0.15) is 0 Å². The van der Waals surface area contributed by atoms with Gasteiger partial charge in [0, 0.05) is 17.8 Å². The Kier molecular flexibility index (Phi) is 6.56. The zero-order valence-electron chi connectivity index (χ0n) is 15.9. The summed E-state index contributed by atoms with van der Waals surface area (Å²) in [5, 5.41) is 2.91. The lowest BCUT2D eigenvalue weighted by Gasteiger charge is -2.26. The molecule has 5 heteroatoms. The third kappa shape index (κ3) is 4.53. The van der Waals surface area contributed by atoms with Crippen molar-refractivity contribution in [1.82, 2.24) is 0 Å². The van der Waals surface area contributed by atoms with Crippen LogP contribution in [0.2, 0.25) is 0 Å². The Morgan fingerprint density at radius 3 is 2.78 bits per heavy atom. The lowest BCUT2D eigenvalue weighted by Crippen LogP contribution is -2.28. The van der Waals surface area contributed by atoms with E-state index in [1.807, 2.05) is 47.4 Å². The van der Waals surface area contributed by atoms with Crippen LogP contribution < -0.4 is 10.2 Å². The first kappa shape index (κ1) is 19.5. The summed E-state index contributed by atoms with van der Waals surface area (Å²) in [6, 6.07) is 15.9. The van der Waals surface area contributed by atoms with Gasteiger partial charge in [0.25, 0.3) is 0 Å². The van der Waals surface area contributed by atoms with Crippen LogP contribution >= 0.6 is 11.8 Å². The Balaban J connectivity index is 1.85. The minimum absolute atomic E-state index is 0.0392. The van der Waals surface area contributed by atoms with Crippen molar-refractivity contribution in [2.45, 2.75) is 44.9 Å². The highest BCUT2D eigenvalue weighted by molar-refractivity contribution is 8.00. The summed E-state index contributed by atoms with van der Waals surface area (Å²) in [4.78, 5) is 26.6. The molecule has 0 aromatic heterocycles. The van der Waals surface area contributed by atoms with Crippen molar-refractivity contribution < 1.29 is 9.59 Å². The van der Waals surface area contributed by atoms with Gasteiger partial charge >= 0.3 is 0 Å². The van der Waals surface area contributed by atoms with E-state index in [4.69, 9.17) is 0 Å². The molecule has 1 unspecified atom stereocenters. The smallest absolute Gasteiger partial charge is 0.238 e. The number of hydrogen-bond donors (Lipinski definition) is 1. The molecule has 4 nitrogen and oxygen atoms in total. The summed E-state index contributed by atoms with van der Waals surface area (Å²) in [6.45, 7) is 4.18. The highest BCUT2D eigenvalue weighted by atomic mass is 32.2. The van der Waals surface area contributed by atoms with E-state index in [0.717, 1.165) is 36.2 Å². The fourth-order valence-corrected chi connectivity index (χ4v) is 4.47. The third-order valence-electron chi connectivity index (χ3n) is 4.71. The number of thioether (sulfide) groups is 1. The molecule has 1 aliphatic rings. The van der Waals surface area contributed by atoms with E-state index in [1.165, 1.54) is 5.56 Å². The van der Waals surface area contributed by atoms with Crippen molar-refractivity contribution in [2.75, 3.05) is 16.0 Å². The third-order valence-corrected chi connectivity index (χ3v) is 5.93. The van der Waals surface area contributed by atoms with Crippen LogP contribution in [0.5, 0.6) is 0 Å². The van der Waals surface area contributed by atoms with Gasteiger partial charge in [-0.3, -0.25) is 14.5 Å². The fraction of sp³-hybridized carbons (Fsp3) is 0.364. The minimum Gasteiger partial charge on any atom is -0.326 e. The van der Waals surface area contributed by atoms with Crippen molar-refractivity contribution in [2.24, 2.45) is 0 Å². The van der Waals surface area contributed by atoms with Gasteiger partial charge in [-0.25, -0.2) is 0 Å². The number of aryl methyl sites for hydroxylation is 1. The first-order valence-electron chi connectivity index (χ1n) is 9.55. The number of unbranched alkanes of at least 4 members (excludes halogenated alkanes) is 1. The Morgan fingerprint density at radius 1 is 1.19 bits per heavy atom. The number of nitrogens with zero attached hydrogens (tertiary/aromatic N) is 1. The zero-order valence-corrected chi connectivity index (χ0v) is 16.7. The molecule has 1 atom stereocenters. The number of para-hydroxylation sites is 1. The summed E-state index contributed by atoms with van der Waals surface area (Å²) < 4.78 is 0. The standard InChI is InChI=1S/C22H26N2O2S/c1-3-5-13-20(25)23-18-11-8-10-17(14-18)22-24(21(26)15-27-22)19-12-7-6-9-16(19)4-2/h6-12,14,22H,3-5,13,15H2,1-2H3,(H,23,25). The first-order chi connectivity index (χ1) is 13.1. The predicted molar refractivity (Wildman–Crippen MR) is 113 cm³/mol. The van der Waals surface area contributed by atoms with E-state index in [9.17, 15) is 9.59 Å². The molecule has 0 saturated carbocycles. The fourth-order valence-electron chi connectivity index (χ4n) is 3.31. The molecular formula is C22H26N2O2S. The number of hydrogen-bond acceptors (Lipinski definition) is 3. The van der Waals surface area contributed by atoms with Crippen LogP contribution in [-0.2, 0) is 16.0 Å². The lowest BCUT2D eigenvalue weighted by atomic mass is 10.1. The van der Waals surface area contributed by atoms with Gasteiger partial charge in [-0.05, 0) is 42.2 Å². The molecule has 1 heterocycles. The van der Waals surface area contributed by atoms with Crippen molar-refractivity contribution in [3.63, 3.8) is 0 Å². The maximum Gasteiger partial charge on any atom is 0.238 e. The summed E-state index contributed by atoms with van der Waals surface area (Å²) in [6.07, 6.45) is 3.30. The zero-order chi connectivity index (χ0) is 19.2. The number of carbonyl (C=O) groups is 2. The van der Waals surface area contributed by atoms with Crippen LogP contribution in [0.1, 0.15) is 49.6 Å². The van der Waals surface area contributed by atoms with Gasteiger partial charge in [0.1, 0.15) is 5.37 Å². The quantitative estimate of drug-likeness (QED) is 0.720. The predicted octanol–water partition coefficient (Wildman–Crippen LogP) is 5.16. The maximum absolute atomic E-state index is 12.6. The van der Waals surface area contributed by atoms with Gasteiger partial charge < -0.3 is 5.32 Å². The average molecular weight is 383 g/mol. The van der Waals surface area contributed by atoms with E-state index in [0.29, 0.717) is 12.2 Å². The summed E-state index contributed by atoms with van der Waals surface area (Å²) >= 11 is 1.63. The van der Waals surface area contributed by atoms with Gasteiger partial charge in [0.05, 0.1) is 5.75 Å². The van der Waals surface area contributed by atoms with Crippen LogP contribution in [-0.4, -0.2) is 17.6 Å². The number of anilines is 2. The van der Waals surface area contributed by atoms with Gasteiger partial charge in [0.2, 0.25) is 11.8 Å². The number of carbonyl (C=O) groups excluding carboxylic acids is 2. The van der Waals surface area contributed by atoms with Gasteiger partial charge in [0.15, 0.2) is 0 Å². The average Bonchev–Trinajstić information content (AvgIpc) is 3.07. The molecule has 2 amide bonds. The van der Waals surface area contributed by atoms with Crippen LogP contribution in [0.3, 0.4) is 0 Å². The largest absolute Gasteiger partial charge is 0.326 e. The second kappa shape index (κ2) is 9.09. The van der Waals surface area contributed by atoms with Crippen molar-refractivity contribution in [3.8, 4) is 0 Å². The molecule has 2 aromatic rings. The monoisotopic (exact) mass is 382 g/mol. The molecule has 2 aromatic carbocycles. The van der Waals surface area contributed by atoms with Gasteiger partial charge in [-0.15, -0.1) is 11.8 Å². The normalized spacial score (nSPS) is 16.6. The molecule has 1 saturated heterocycles. The SMILES string of the molecule is CCCCC(=O)Nc1cccc(C2SCC(=O)N2c2ccccc2CC)c1. The van der Waals surface area contributed by atoms with E-state index in [-0.39, 0.29) is 17.2 Å². The molecule has 0 bridgehead atoms. The highest BCUT2D eigenvalue weighted by Gasteiger charge is 2.35. The molecule has 27 heavy (non-hydrogen) atoms. The number of benzene rings is 2. The van der Waals surface area contributed by atoms with Crippen LogP contribution in [0, 0.1) is 0 Å². The number of nitrogens with one attached hydrogen (secondary N) is 1.